The summed E-state index contributed by atoms with van der Waals surface area (Å²) in [6.07, 6.45) is 15.4. The van der Waals surface area contributed by atoms with E-state index in [4.69, 9.17) is 0 Å². The Morgan fingerprint density at radius 1 is 0.667 bits per heavy atom. The Balaban J connectivity index is 0.000000530. The Morgan fingerprint density at radius 3 is 1.62 bits per heavy atom. The van der Waals surface area contributed by atoms with Crippen molar-refractivity contribution in [3.8, 4) is 0 Å². The SMILES string of the molecule is PC(CP(c1ccccc1)c1ccccc1)[c-]1ccc(C2CCCCC2)c1C1CCCCC1.[Fe].[cH-]1[cH-][cH-][cH-][cH-]1. The molecule has 2 atom stereocenters. The van der Waals surface area contributed by atoms with E-state index in [2.05, 4.69) is 82.0 Å². The molecule has 4 aromatic rings. The fourth-order valence-corrected chi connectivity index (χ4v) is 9.97. The van der Waals surface area contributed by atoms with Crippen LogP contribution in [-0.2, 0) is 17.1 Å². The molecule has 212 valence electrons. The van der Waals surface area contributed by atoms with Crippen LogP contribution in [0.25, 0.3) is 0 Å². The molecule has 2 saturated carbocycles. The van der Waals surface area contributed by atoms with Gasteiger partial charge in [0.2, 0.25) is 0 Å². The second-order valence-corrected chi connectivity index (χ2v) is 14.2. The van der Waals surface area contributed by atoms with Crippen LogP contribution in [0.1, 0.15) is 98.4 Å². The van der Waals surface area contributed by atoms with E-state index >= 15 is 0 Å². The molecule has 3 heteroatoms. The maximum absolute atomic E-state index is 3.29. The van der Waals surface area contributed by atoms with Gasteiger partial charge >= 0.3 is 0 Å². The van der Waals surface area contributed by atoms with Gasteiger partial charge in [-0.15, -0.1) is 14.8 Å². The molecule has 2 aliphatic rings. The van der Waals surface area contributed by atoms with Gasteiger partial charge in [-0.3, -0.25) is 0 Å². The van der Waals surface area contributed by atoms with E-state index in [1.165, 1.54) is 81.0 Å². The van der Waals surface area contributed by atoms with Gasteiger partial charge in [-0.05, 0) is 49.1 Å². The third-order valence-electron chi connectivity index (χ3n) is 8.59. The first-order chi connectivity index (χ1) is 18.8. The van der Waals surface area contributed by atoms with Crippen molar-refractivity contribution in [2.24, 2.45) is 0 Å². The molecule has 39 heavy (non-hydrogen) atoms. The third-order valence-corrected chi connectivity index (χ3v) is 12.2. The van der Waals surface area contributed by atoms with Gasteiger partial charge in [0.15, 0.2) is 0 Å². The van der Waals surface area contributed by atoms with Gasteiger partial charge in [0.05, 0.1) is 0 Å². The zero-order valence-corrected chi connectivity index (χ0v) is 26.4. The largest absolute Gasteiger partial charge is 0.748 e. The summed E-state index contributed by atoms with van der Waals surface area (Å²) in [7, 11) is 2.92. The predicted molar refractivity (Wildman–Crippen MR) is 172 cm³/mol. The molecule has 2 unspecified atom stereocenters. The summed E-state index contributed by atoms with van der Waals surface area (Å²) in [5.41, 5.74) is 5.71. The summed E-state index contributed by atoms with van der Waals surface area (Å²) in [6.45, 7) is 0. The van der Waals surface area contributed by atoms with Crippen LogP contribution in [0.15, 0.2) is 103 Å². The molecule has 0 saturated heterocycles. The fourth-order valence-electron chi connectivity index (χ4n) is 6.67. The molecule has 0 spiro atoms. The second-order valence-electron chi connectivity index (χ2n) is 11.2. The first kappa shape index (κ1) is 30.5. The van der Waals surface area contributed by atoms with E-state index in [9.17, 15) is 0 Å². The number of benzene rings is 2. The van der Waals surface area contributed by atoms with Crippen LogP contribution < -0.4 is 10.6 Å². The number of hydrogen-bond donors (Lipinski definition) is 0. The topological polar surface area (TPSA) is 0 Å². The van der Waals surface area contributed by atoms with Crippen molar-refractivity contribution >= 4 is 27.8 Å². The van der Waals surface area contributed by atoms with Crippen LogP contribution in [0, 0.1) is 0 Å². The van der Waals surface area contributed by atoms with Crippen LogP contribution >= 0.6 is 17.2 Å². The van der Waals surface area contributed by atoms with Crippen molar-refractivity contribution < 1.29 is 17.1 Å². The molecule has 4 aromatic carbocycles. The summed E-state index contributed by atoms with van der Waals surface area (Å²) in [4.78, 5) is 0. The first-order valence-corrected chi connectivity index (χ1v) is 17.1. The zero-order valence-electron chi connectivity index (χ0n) is 23.2. The van der Waals surface area contributed by atoms with Gasteiger partial charge in [-0.2, -0.15) is 17.2 Å². The van der Waals surface area contributed by atoms with Gasteiger partial charge in [-0.1, -0.05) is 118 Å². The number of hydrogen-bond acceptors (Lipinski definition) is 0. The maximum Gasteiger partial charge on any atom is 0 e. The van der Waals surface area contributed by atoms with Crippen LogP contribution in [0.3, 0.4) is 0 Å². The van der Waals surface area contributed by atoms with Crippen molar-refractivity contribution in [2.45, 2.75) is 81.7 Å². The van der Waals surface area contributed by atoms with Gasteiger partial charge in [0, 0.05) is 17.1 Å². The smallest absolute Gasteiger partial charge is 0 e. The van der Waals surface area contributed by atoms with Crippen LogP contribution in [0.4, 0.5) is 0 Å². The van der Waals surface area contributed by atoms with Gasteiger partial charge in [0.25, 0.3) is 0 Å². The monoisotopic (exact) mass is 594 g/mol. The van der Waals surface area contributed by atoms with E-state index in [1.54, 1.807) is 16.7 Å². The van der Waals surface area contributed by atoms with Crippen molar-refractivity contribution in [3.63, 3.8) is 0 Å². The molecule has 0 nitrogen and oxygen atoms in total. The van der Waals surface area contributed by atoms with Crippen molar-refractivity contribution in [3.05, 3.63) is 120 Å². The minimum absolute atomic E-state index is 0. The van der Waals surface area contributed by atoms with E-state index in [0.29, 0.717) is 5.66 Å². The first-order valence-electron chi connectivity index (χ1n) is 14.9. The van der Waals surface area contributed by atoms with Crippen LogP contribution in [0.2, 0.25) is 0 Å². The minimum Gasteiger partial charge on any atom is -0.748 e. The number of rotatable bonds is 7. The van der Waals surface area contributed by atoms with Gasteiger partial charge in [-0.25, -0.2) is 6.07 Å². The molecule has 2 fully saturated rings. The zero-order chi connectivity index (χ0) is 26.0. The Kier molecular flexibility index (Phi) is 12.6. The summed E-state index contributed by atoms with van der Waals surface area (Å²) in [5.74, 6) is 1.61. The average Bonchev–Trinajstić information content (AvgIpc) is 3.72. The molecule has 0 aromatic heterocycles. The molecule has 0 radical (unpaired) electrons. The summed E-state index contributed by atoms with van der Waals surface area (Å²) in [6, 6.07) is 37.6. The predicted octanol–water partition coefficient (Wildman–Crippen LogP) is 9.95. The Hall–Kier alpha value is -1.48. The average molecular weight is 595 g/mol. The van der Waals surface area contributed by atoms with E-state index < -0.39 is 0 Å². The standard InChI is InChI=1S/C31H39P2.C5H5.Fe/c32-30(23-33(26-17-9-3-10-18-26)27-19-11-4-12-20-27)29-22-21-28(24-13-5-1-6-14-24)31(29)25-15-7-2-8-16-25;1-2-4-5-3-1;/h3-4,9-12,17-22,24-25,30H,1-2,5-8,13-16,23,32H2;1-5H;/q-1;-5;. The quantitative estimate of drug-likeness (QED) is 0.114. The van der Waals surface area contributed by atoms with Gasteiger partial charge in [0.1, 0.15) is 0 Å². The molecular formula is C36H44FeP2-6. The summed E-state index contributed by atoms with van der Waals surface area (Å²) < 4.78 is 0. The molecule has 0 heterocycles. The van der Waals surface area contributed by atoms with Crippen molar-refractivity contribution in [2.75, 3.05) is 6.16 Å². The Morgan fingerprint density at radius 2 is 1.13 bits per heavy atom. The Labute approximate surface area is 251 Å². The van der Waals surface area contributed by atoms with Gasteiger partial charge < -0.3 is 30.3 Å². The van der Waals surface area contributed by atoms with Crippen LogP contribution in [0.5, 0.6) is 0 Å². The molecule has 6 rings (SSSR count). The summed E-state index contributed by atoms with van der Waals surface area (Å²) >= 11 is 0. The normalized spacial score (nSPS) is 17.2. The molecular weight excluding hydrogens is 550 g/mol. The second kappa shape index (κ2) is 16.1. The summed E-state index contributed by atoms with van der Waals surface area (Å²) in [5, 5.41) is 3.01. The molecule has 0 N–H and O–H groups in total. The molecule has 0 bridgehead atoms. The third kappa shape index (κ3) is 8.27. The molecule has 0 amide bonds. The van der Waals surface area contributed by atoms with E-state index in [1.807, 2.05) is 30.3 Å². The molecule has 2 aliphatic carbocycles. The molecule has 0 aliphatic heterocycles. The van der Waals surface area contributed by atoms with Crippen molar-refractivity contribution in [1.29, 1.82) is 0 Å². The fraction of sp³-hybridized carbons (Fsp3) is 0.389. The van der Waals surface area contributed by atoms with E-state index in [-0.39, 0.29) is 25.0 Å². The minimum atomic E-state index is -0.370. The van der Waals surface area contributed by atoms with Crippen LogP contribution in [-0.4, -0.2) is 6.16 Å². The maximum atomic E-state index is 3.29. The van der Waals surface area contributed by atoms with E-state index in [0.717, 1.165) is 11.8 Å². The Bertz CT molecular complexity index is 1110. The van der Waals surface area contributed by atoms with Crippen molar-refractivity contribution in [1.82, 2.24) is 0 Å².